The Labute approximate surface area is 137 Å². The summed E-state index contributed by atoms with van der Waals surface area (Å²) in [4.78, 5) is 16.8. The molecule has 0 aromatic carbocycles. The predicted molar refractivity (Wildman–Crippen MR) is 88.3 cm³/mol. The second-order valence-corrected chi connectivity index (χ2v) is 7.16. The highest BCUT2D eigenvalue weighted by atomic mass is 16.5. The van der Waals surface area contributed by atoms with Gasteiger partial charge in [0.1, 0.15) is 5.76 Å². The summed E-state index contributed by atoms with van der Waals surface area (Å²) in [5.41, 5.74) is 0.407. The van der Waals surface area contributed by atoms with Gasteiger partial charge in [0.05, 0.1) is 6.54 Å². The van der Waals surface area contributed by atoms with Crippen molar-refractivity contribution < 1.29 is 9.32 Å². The highest BCUT2D eigenvalue weighted by Crippen LogP contribution is 2.26. The molecule has 1 amide bonds. The highest BCUT2D eigenvalue weighted by Gasteiger charge is 2.31. The number of aryl methyl sites for hydroxylation is 1. The Balaban J connectivity index is 1.39. The van der Waals surface area contributed by atoms with Crippen molar-refractivity contribution in [2.45, 2.75) is 20.3 Å². The van der Waals surface area contributed by atoms with E-state index in [-0.39, 0.29) is 5.91 Å². The maximum Gasteiger partial charge on any atom is 0.239 e. The Bertz CT molecular complexity index is 530. The van der Waals surface area contributed by atoms with Gasteiger partial charge in [0.25, 0.3) is 0 Å². The van der Waals surface area contributed by atoms with Gasteiger partial charge in [0.15, 0.2) is 5.82 Å². The van der Waals surface area contributed by atoms with Gasteiger partial charge in [-0.2, -0.15) is 0 Å². The third kappa shape index (κ3) is 4.53. The quantitative estimate of drug-likeness (QED) is 0.824. The van der Waals surface area contributed by atoms with Crippen molar-refractivity contribution in [1.82, 2.24) is 20.3 Å². The number of carbonyl (C=O) groups excluding carboxylic acids is 1. The smallest absolute Gasteiger partial charge is 0.239 e. The number of anilines is 1. The standard InChI is InChI=1S/C16H27N5O2/c1-13-9-14(19-23-13)18-15(22)10-20-5-7-21(8-6-20)12-16(2)3-4-17-11-16/h9,17H,3-8,10-12H2,1-2H3,(H,18,19,22). The van der Waals surface area contributed by atoms with Gasteiger partial charge in [0.2, 0.25) is 5.91 Å². The summed E-state index contributed by atoms with van der Waals surface area (Å²) in [7, 11) is 0. The Morgan fingerprint density at radius 2 is 2.13 bits per heavy atom. The zero-order valence-corrected chi connectivity index (χ0v) is 14.1. The maximum atomic E-state index is 12.0. The van der Waals surface area contributed by atoms with Crippen LogP contribution >= 0.6 is 0 Å². The molecule has 0 aliphatic carbocycles. The van der Waals surface area contributed by atoms with Gasteiger partial charge in [-0.05, 0) is 25.3 Å². The van der Waals surface area contributed by atoms with Gasteiger partial charge in [-0.3, -0.25) is 9.69 Å². The number of hydrogen-bond acceptors (Lipinski definition) is 6. The fraction of sp³-hybridized carbons (Fsp3) is 0.750. The highest BCUT2D eigenvalue weighted by molar-refractivity contribution is 5.91. The van der Waals surface area contributed by atoms with Crippen LogP contribution in [0.1, 0.15) is 19.1 Å². The number of rotatable bonds is 5. The summed E-state index contributed by atoms with van der Waals surface area (Å²) in [6.45, 7) is 11.9. The van der Waals surface area contributed by atoms with E-state index >= 15 is 0 Å². The molecule has 0 saturated carbocycles. The van der Waals surface area contributed by atoms with Crippen LogP contribution in [0.15, 0.2) is 10.6 Å². The van der Waals surface area contributed by atoms with Crippen molar-refractivity contribution in [1.29, 1.82) is 0 Å². The summed E-state index contributed by atoms with van der Waals surface area (Å²) < 4.78 is 4.95. The topological polar surface area (TPSA) is 73.6 Å². The number of piperazine rings is 1. The van der Waals surface area contributed by atoms with Crippen LogP contribution in [0, 0.1) is 12.3 Å². The fourth-order valence-corrected chi connectivity index (χ4v) is 3.46. The molecule has 1 aromatic rings. The first-order valence-electron chi connectivity index (χ1n) is 8.41. The minimum absolute atomic E-state index is 0.0290. The normalized spacial score (nSPS) is 26.5. The average molecular weight is 321 g/mol. The third-order valence-corrected chi connectivity index (χ3v) is 4.79. The Morgan fingerprint density at radius 3 is 2.74 bits per heavy atom. The lowest BCUT2D eigenvalue weighted by atomic mass is 9.89. The first-order valence-corrected chi connectivity index (χ1v) is 8.41. The third-order valence-electron chi connectivity index (χ3n) is 4.79. The van der Waals surface area contributed by atoms with E-state index in [9.17, 15) is 4.79 Å². The number of nitrogens with zero attached hydrogens (tertiary/aromatic N) is 3. The van der Waals surface area contributed by atoms with Crippen molar-refractivity contribution in [3.63, 3.8) is 0 Å². The van der Waals surface area contributed by atoms with Crippen LogP contribution in [0.3, 0.4) is 0 Å². The molecule has 1 atom stereocenters. The summed E-state index contributed by atoms with van der Waals surface area (Å²) in [5, 5.41) is 10.0. The van der Waals surface area contributed by atoms with E-state index in [1.165, 1.54) is 6.42 Å². The molecule has 0 spiro atoms. The molecule has 128 valence electrons. The first kappa shape index (κ1) is 16.4. The van der Waals surface area contributed by atoms with Crippen LogP contribution in [0.25, 0.3) is 0 Å². The first-order chi connectivity index (χ1) is 11.0. The van der Waals surface area contributed by atoms with Crippen LogP contribution in [0.5, 0.6) is 0 Å². The molecule has 2 aliphatic heterocycles. The zero-order valence-electron chi connectivity index (χ0n) is 14.1. The second-order valence-electron chi connectivity index (χ2n) is 7.16. The SMILES string of the molecule is Cc1cc(NC(=O)CN2CCN(CC3(C)CCNC3)CC2)no1. The molecule has 2 fully saturated rings. The Hall–Kier alpha value is -1.44. The number of nitrogens with one attached hydrogen (secondary N) is 2. The lowest BCUT2D eigenvalue weighted by Crippen LogP contribution is -2.51. The molecule has 2 N–H and O–H groups in total. The molecule has 1 aromatic heterocycles. The van der Waals surface area contributed by atoms with E-state index in [0.717, 1.165) is 45.8 Å². The molecular formula is C16H27N5O2. The van der Waals surface area contributed by atoms with Crippen molar-refractivity contribution >= 4 is 11.7 Å². The van der Waals surface area contributed by atoms with Gasteiger partial charge < -0.3 is 20.1 Å². The molecule has 2 aliphatic rings. The van der Waals surface area contributed by atoms with Crippen LogP contribution in [0.4, 0.5) is 5.82 Å². The molecule has 3 heterocycles. The average Bonchev–Trinajstić information content (AvgIpc) is 3.10. The van der Waals surface area contributed by atoms with Crippen LogP contribution < -0.4 is 10.6 Å². The van der Waals surface area contributed by atoms with E-state index in [1.54, 1.807) is 6.07 Å². The van der Waals surface area contributed by atoms with Crippen molar-refractivity contribution in [2.75, 3.05) is 57.7 Å². The van der Waals surface area contributed by atoms with E-state index in [1.807, 2.05) is 6.92 Å². The zero-order chi connectivity index (χ0) is 16.3. The van der Waals surface area contributed by atoms with Crippen molar-refractivity contribution in [3.8, 4) is 0 Å². The van der Waals surface area contributed by atoms with E-state index < -0.39 is 0 Å². The number of amides is 1. The van der Waals surface area contributed by atoms with Gasteiger partial charge >= 0.3 is 0 Å². The van der Waals surface area contributed by atoms with E-state index in [2.05, 4.69) is 32.5 Å². The van der Waals surface area contributed by atoms with Gasteiger partial charge in [-0.25, -0.2) is 0 Å². The van der Waals surface area contributed by atoms with Crippen LogP contribution in [0.2, 0.25) is 0 Å². The summed E-state index contributed by atoms with van der Waals surface area (Å²) in [6.07, 6.45) is 1.26. The molecule has 1 unspecified atom stereocenters. The van der Waals surface area contributed by atoms with E-state index in [4.69, 9.17) is 4.52 Å². The van der Waals surface area contributed by atoms with Crippen molar-refractivity contribution in [2.24, 2.45) is 5.41 Å². The van der Waals surface area contributed by atoms with E-state index in [0.29, 0.717) is 23.5 Å². The van der Waals surface area contributed by atoms with Gasteiger partial charge in [-0.1, -0.05) is 12.1 Å². The molecule has 23 heavy (non-hydrogen) atoms. The fourth-order valence-electron chi connectivity index (χ4n) is 3.46. The monoisotopic (exact) mass is 321 g/mol. The molecule has 0 radical (unpaired) electrons. The minimum atomic E-state index is -0.0290. The van der Waals surface area contributed by atoms with Gasteiger partial charge in [0, 0.05) is 45.3 Å². The Morgan fingerprint density at radius 1 is 1.39 bits per heavy atom. The number of carbonyl (C=O) groups is 1. The summed E-state index contributed by atoms with van der Waals surface area (Å²) in [5.74, 6) is 1.16. The van der Waals surface area contributed by atoms with Crippen LogP contribution in [-0.2, 0) is 4.79 Å². The molecule has 7 heteroatoms. The largest absolute Gasteiger partial charge is 0.360 e. The van der Waals surface area contributed by atoms with Crippen molar-refractivity contribution in [3.05, 3.63) is 11.8 Å². The van der Waals surface area contributed by atoms with Gasteiger partial charge in [-0.15, -0.1) is 0 Å². The predicted octanol–water partition coefficient (Wildman–Crippen LogP) is 0.539. The number of aromatic nitrogens is 1. The Kier molecular flexibility index (Phi) is 4.99. The summed E-state index contributed by atoms with van der Waals surface area (Å²) in [6, 6.07) is 1.73. The molecule has 7 nitrogen and oxygen atoms in total. The molecular weight excluding hydrogens is 294 g/mol. The van der Waals surface area contributed by atoms with Crippen LogP contribution in [-0.4, -0.2) is 73.2 Å². The number of hydrogen-bond donors (Lipinski definition) is 2. The minimum Gasteiger partial charge on any atom is -0.360 e. The molecule has 0 bridgehead atoms. The second kappa shape index (κ2) is 6.98. The lowest BCUT2D eigenvalue weighted by Gasteiger charge is -2.38. The maximum absolute atomic E-state index is 12.0. The molecule has 3 rings (SSSR count). The molecule has 2 saturated heterocycles. The summed E-state index contributed by atoms with van der Waals surface area (Å²) >= 11 is 0. The lowest BCUT2D eigenvalue weighted by molar-refractivity contribution is -0.117.